The van der Waals surface area contributed by atoms with E-state index in [-0.39, 0.29) is 30.8 Å². The van der Waals surface area contributed by atoms with Crippen LogP contribution >= 0.6 is 0 Å². The first kappa shape index (κ1) is 15.9. The lowest BCUT2D eigenvalue weighted by Gasteiger charge is -2.27. The summed E-state index contributed by atoms with van der Waals surface area (Å²) >= 11 is 0. The number of rotatable bonds is 4. The number of benzene rings is 1. The SMILES string of the molecule is N[C@H]1C[C@@H]1NCc1cccc2c1C(=O)N(C1CCC(=O)NC1=O)C2=O. The van der Waals surface area contributed by atoms with Gasteiger partial charge in [0.05, 0.1) is 11.1 Å². The van der Waals surface area contributed by atoms with Crippen molar-refractivity contribution in [2.45, 2.75) is 43.9 Å². The van der Waals surface area contributed by atoms with Crippen LogP contribution in [-0.2, 0) is 16.1 Å². The summed E-state index contributed by atoms with van der Waals surface area (Å²) in [7, 11) is 0. The molecule has 3 atom stereocenters. The first-order valence-corrected chi connectivity index (χ1v) is 8.30. The van der Waals surface area contributed by atoms with Crippen molar-refractivity contribution in [1.29, 1.82) is 0 Å². The molecule has 0 radical (unpaired) electrons. The third-order valence-corrected chi connectivity index (χ3v) is 4.95. The van der Waals surface area contributed by atoms with E-state index >= 15 is 0 Å². The molecule has 0 aromatic heterocycles. The maximum absolute atomic E-state index is 12.9. The van der Waals surface area contributed by atoms with Crippen LogP contribution in [-0.4, -0.2) is 46.7 Å². The number of hydrogen-bond donors (Lipinski definition) is 3. The highest BCUT2D eigenvalue weighted by molar-refractivity contribution is 6.24. The number of fused-ring (bicyclic) bond motifs is 1. The first-order chi connectivity index (χ1) is 12.0. The van der Waals surface area contributed by atoms with Crippen LogP contribution in [0.1, 0.15) is 45.5 Å². The monoisotopic (exact) mass is 342 g/mol. The van der Waals surface area contributed by atoms with E-state index < -0.39 is 23.8 Å². The summed E-state index contributed by atoms with van der Waals surface area (Å²) in [5.74, 6) is -1.95. The van der Waals surface area contributed by atoms with E-state index in [1.807, 2.05) is 0 Å². The molecule has 130 valence electrons. The maximum atomic E-state index is 12.9. The van der Waals surface area contributed by atoms with Gasteiger partial charge in [0, 0.05) is 25.0 Å². The van der Waals surface area contributed by atoms with Crippen molar-refractivity contribution in [1.82, 2.24) is 15.5 Å². The zero-order valence-electron chi connectivity index (χ0n) is 13.5. The molecular formula is C17H18N4O4. The third kappa shape index (κ3) is 2.63. The fraction of sp³-hybridized carbons (Fsp3) is 0.412. The van der Waals surface area contributed by atoms with E-state index in [1.54, 1.807) is 18.2 Å². The average Bonchev–Trinajstić information content (AvgIpc) is 3.23. The van der Waals surface area contributed by atoms with Gasteiger partial charge in [-0.1, -0.05) is 12.1 Å². The molecule has 1 aromatic carbocycles. The smallest absolute Gasteiger partial charge is 0.262 e. The van der Waals surface area contributed by atoms with E-state index in [0.717, 1.165) is 11.3 Å². The van der Waals surface area contributed by atoms with Crippen molar-refractivity contribution in [3.63, 3.8) is 0 Å². The Morgan fingerprint density at radius 3 is 2.64 bits per heavy atom. The Balaban J connectivity index is 1.61. The lowest BCUT2D eigenvalue weighted by atomic mass is 10.0. The van der Waals surface area contributed by atoms with Crippen LogP contribution in [0.5, 0.6) is 0 Å². The highest BCUT2D eigenvalue weighted by Gasteiger charge is 2.45. The average molecular weight is 342 g/mol. The van der Waals surface area contributed by atoms with Gasteiger partial charge in [-0.3, -0.25) is 29.4 Å². The van der Waals surface area contributed by atoms with E-state index in [9.17, 15) is 19.2 Å². The van der Waals surface area contributed by atoms with E-state index in [0.29, 0.717) is 23.2 Å². The second kappa shape index (κ2) is 5.75. The summed E-state index contributed by atoms with van der Waals surface area (Å²) in [6.45, 7) is 0.434. The molecule has 4 N–H and O–H groups in total. The van der Waals surface area contributed by atoms with Gasteiger partial charge < -0.3 is 11.1 Å². The summed E-state index contributed by atoms with van der Waals surface area (Å²) in [5.41, 5.74) is 7.12. The van der Waals surface area contributed by atoms with Crippen LogP contribution in [0.3, 0.4) is 0 Å². The minimum atomic E-state index is -0.942. The fourth-order valence-electron chi connectivity index (χ4n) is 3.42. The number of carbonyl (C=O) groups excluding carboxylic acids is 4. The summed E-state index contributed by atoms with van der Waals surface area (Å²) in [6, 6.07) is 4.53. The Morgan fingerprint density at radius 2 is 1.96 bits per heavy atom. The second-order valence-electron chi connectivity index (χ2n) is 6.67. The molecule has 1 saturated carbocycles. The van der Waals surface area contributed by atoms with E-state index in [1.165, 1.54) is 0 Å². The largest absolute Gasteiger partial charge is 0.326 e. The first-order valence-electron chi connectivity index (χ1n) is 8.30. The van der Waals surface area contributed by atoms with Crippen molar-refractivity contribution in [2.75, 3.05) is 0 Å². The third-order valence-electron chi connectivity index (χ3n) is 4.95. The van der Waals surface area contributed by atoms with E-state index in [2.05, 4.69) is 10.6 Å². The lowest BCUT2D eigenvalue weighted by molar-refractivity contribution is -0.136. The number of nitrogens with zero attached hydrogens (tertiary/aromatic N) is 1. The summed E-state index contributed by atoms with van der Waals surface area (Å²) in [6.07, 6.45) is 1.16. The molecule has 1 unspecified atom stereocenters. The number of hydrogen-bond acceptors (Lipinski definition) is 6. The van der Waals surface area contributed by atoms with Crippen molar-refractivity contribution in [2.24, 2.45) is 5.73 Å². The normalized spacial score (nSPS) is 28.2. The van der Waals surface area contributed by atoms with Gasteiger partial charge in [0.2, 0.25) is 11.8 Å². The minimum Gasteiger partial charge on any atom is -0.326 e. The quantitative estimate of drug-likeness (QED) is 0.621. The second-order valence-corrected chi connectivity index (χ2v) is 6.67. The number of nitrogens with two attached hydrogens (primary N) is 1. The van der Waals surface area contributed by atoms with Crippen LogP contribution in [0.15, 0.2) is 18.2 Å². The standard InChI is InChI=1S/C17H18N4O4/c18-10-6-11(10)19-7-8-2-1-3-9-14(8)17(25)21(16(9)24)12-4-5-13(22)20-15(12)23/h1-3,10-12,19H,4-7,18H2,(H,20,22,23)/t10-,11-,12?/m0/s1. The predicted octanol–water partition coefficient (Wildman–Crippen LogP) is -0.723. The van der Waals surface area contributed by atoms with Crippen LogP contribution < -0.4 is 16.4 Å². The highest BCUT2D eigenvalue weighted by Crippen LogP contribution is 2.30. The molecule has 4 amide bonds. The number of amides is 4. The molecule has 1 saturated heterocycles. The molecule has 8 heteroatoms. The summed E-state index contributed by atoms with van der Waals surface area (Å²) < 4.78 is 0. The van der Waals surface area contributed by atoms with Gasteiger partial charge in [-0.2, -0.15) is 0 Å². The van der Waals surface area contributed by atoms with Crippen molar-refractivity contribution >= 4 is 23.6 Å². The molecule has 0 spiro atoms. The van der Waals surface area contributed by atoms with Crippen LogP contribution in [0.25, 0.3) is 0 Å². The number of piperidine rings is 1. The number of carbonyl (C=O) groups is 4. The molecule has 2 aliphatic heterocycles. The molecule has 4 rings (SSSR count). The van der Waals surface area contributed by atoms with E-state index in [4.69, 9.17) is 5.73 Å². The fourth-order valence-corrected chi connectivity index (χ4v) is 3.42. The lowest BCUT2D eigenvalue weighted by Crippen LogP contribution is -2.54. The molecule has 8 nitrogen and oxygen atoms in total. The molecular weight excluding hydrogens is 324 g/mol. The summed E-state index contributed by atoms with van der Waals surface area (Å²) in [5, 5.41) is 5.46. The molecule has 2 heterocycles. The molecule has 2 fully saturated rings. The molecule has 1 aromatic rings. The Kier molecular flexibility index (Phi) is 3.66. The van der Waals surface area contributed by atoms with Gasteiger partial charge in [-0.05, 0) is 24.5 Å². The van der Waals surface area contributed by atoms with Crippen molar-refractivity contribution < 1.29 is 19.2 Å². The van der Waals surface area contributed by atoms with Crippen molar-refractivity contribution in [3.05, 3.63) is 34.9 Å². The molecule has 1 aliphatic carbocycles. The van der Waals surface area contributed by atoms with Crippen molar-refractivity contribution in [3.8, 4) is 0 Å². The van der Waals surface area contributed by atoms with Crippen LogP contribution in [0, 0.1) is 0 Å². The van der Waals surface area contributed by atoms with Crippen LogP contribution in [0.2, 0.25) is 0 Å². The zero-order chi connectivity index (χ0) is 17.7. The highest BCUT2D eigenvalue weighted by atomic mass is 16.2. The van der Waals surface area contributed by atoms with Crippen LogP contribution in [0.4, 0.5) is 0 Å². The molecule has 3 aliphatic rings. The Morgan fingerprint density at radius 1 is 1.20 bits per heavy atom. The maximum Gasteiger partial charge on any atom is 0.262 e. The van der Waals surface area contributed by atoms with Gasteiger partial charge in [0.1, 0.15) is 6.04 Å². The minimum absolute atomic E-state index is 0.109. The number of imide groups is 2. The molecule has 0 bridgehead atoms. The van der Waals surface area contributed by atoms with Gasteiger partial charge in [0.25, 0.3) is 11.8 Å². The zero-order valence-corrected chi connectivity index (χ0v) is 13.5. The Hall–Kier alpha value is -2.58. The number of nitrogens with one attached hydrogen (secondary N) is 2. The predicted molar refractivity (Wildman–Crippen MR) is 86.3 cm³/mol. The van der Waals surface area contributed by atoms with Gasteiger partial charge >= 0.3 is 0 Å². The Bertz CT molecular complexity index is 806. The molecule has 25 heavy (non-hydrogen) atoms. The van der Waals surface area contributed by atoms with Gasteiger partial charge in [-0.15, -0.1) is 0 Å². The van der Waals surface area contributed by atoms with Gasteiger partial charge in [-0.25, -0.2) is 0 Å². The topological polar surface area (TPSA) is 122 Å². The van der Waals surface area contributed by atoms with Gasteiger partial charge in [0.15, 0.2) is 0 Å². The Labute approximate surface area is 143 Å². The summed E-state index contributed by atoms with van der Waals surface area (Å²) in [4.78, 5) is 49.9.